The van der Waals surface area contributed by atoms with Crippen LogP contribution in [0.15, 0.2) is 42.5 Å². The molecule has 5 nitrogen and oxygen atoms in total. The number of carbonyl (C=O) groups excluding carboxylic acids is 2. The van der Waals surface area contributed by atoms with E-state index in [0.29, 0.717) is 36.6 Å². The second kappa shape index (κ2) is 9.17. The molecule has 1 fully saturated rings. The number of benzene rings is 2. The largest absolute Gasteiger partial charge is 0.326 e. The molecule has 0 aromatic heterocycles. The molecule has 0 bridgehead atoms. The molecule has 148 valence electrons. The number of anilines is 2. The molecule has 1 aliphatic rings. The molecule has 0 radical (unpaired) electrons. The van der Waals surface area contributed by atoms with Gasteiger partial charge in [-0.1, -0.05) is 17.7 Å². The second-order valence-electron chi connectivity index (χ2n) is 7.01. The molecule has 1 heterocycles. The number of amides is 2. The quantitative estimate of drug-likeness (QED) is 0.790. The van der Waals surface area contributed by atoms with Crippen molar-refractivity contribution in [1.29, 1.82) is 0 Å². The lowest BCUT2D eigenvalue weighted by Gasteiger charge is -2.30. The highest BCUT2D eigenvalue weighted by molar-refractivity contribution is 6.31. The minimum Gasteiger partial charge on any atom is -0.326 e. The lowest BCUT2D eigenvalue weighted by molar-refractivity contribution is -0.121. The summed E-state index contributed by atoms with van der Waals surface area (Å²) < 4.78 is 12.9. The summed E-state index contributed by atoms with van der Waals surface area (Å²) in [7, 11) is 0. The molecular formula is C21H23ClFN3O2. The lowest BCUT2D eigenvalue weighted by Crippen LogP contribution is -2.41. The first-order valence-corrected chi connectivity index (χ1v) is 9.64. The summed E-state index contributed by atoms with van der Waals surface area (Å²) in [6.45, 7) is 3.46. The van der Waals surface area contributed by atoms with Gasteiger partial charge in [0.25, 0.3) is 0 Å². The van der Waals surface area contributed by atoms with Gasteiger partial charge in [0.2, 0.25) is 11.8 Å². The molecule has 2 aromatic rings. The van der Waals surface area contributed by atoms with Crippen molar-refractivity contribution < 1.29 is 14.0 Å². The smallest absolute Gasteiger partial charge is 0.238 e. The number of nitrogens with zero attached hydrogens (tertiary/aromatic N) is 1. The van der Waals surface area contributed by atoms with Gasteiger partial charge in [-0.15, -0.1) is 0 Å². The van der Waals surface area contributed by atoms with Gasteiger partial charge < -0.3 is 10.6 Å². The molecule has 0 atom stereocenters. The van der Waals surface area contributed by atoms with Crippen molar-refractivity contribution >= 4 is 34.8 Å². The zero-order chi connectivity index (χ0) is 20.1. The Morgan fingerprint density at radius 3 is 2.46 bits per heavy atom. The Kier molecular flexibility index (Phi) is 6.65. The maximum absolute atomic E-state index is 12.9. The molecule has 0 aliphatic carbocycles. The number of nitrogens with one attached hydrogen (secondary N) is 2. The van der Waals surface area contributed by atoms with Crippen LogP contribution in [0.4, 0.5) is 15.8 Å². The van der Waals surface area contributed by atoms with Crippen molar-refractivity contribution in [3.8, 4) is 0 Å². The van der Waals surface area contributed by atoms with Crippen LogP contribution in [0.1, 0.15) is 18.4 Å². The third-order valence-corrected chi connectivity index (χ3v) is 5.39. The van der Waals surface area contributed by atoms with Gasteiger partial charge in [0.1, 0.15) is 5.82 Å². The van der Waals surface area contributed by atoms with E-state index in [1.54, 1.807) is 6.07 Å². The Bertz CT molecular complexity index is 849. The Morgan fingerprint density at radius 1 is 1.11 bits per heavy atom. The highest BCUT2D eigenvalue weighted by atomic mass is 35.5. The number of rotatable bonds is 5. The van der Waals surface area contributed by atoms with Crippen LogP contribution in [-0.2, 0) is 9.59 Å². The van der Waals surface area contributed by atoms with Gasteiger partial charge in [0.05, 0.1) is 6.54 Å². The van der Waals surface area contributed by atoms with Gasteiger partial charge in [0, 0.05) is 22.3 Å². The van der Waals surface area contributed by atoms with Crippen LogP contribution in [0.2, 0.25) is 5.02 Å². The summed E-state index contributed by atoms with van der Waals surface area (Å²) in [6, 6.07) is 11.1. The average molecular weight is 404 g/mol. The minimum absolute atomic E-state index is 0.0132. The lowest BCUT2D eigenvalue weighted by atomic mass is 9.95. The van der Waals surface area contributed by atoms with Gasteiger partial charge in [0.15, 0.2) is 0 Å². The Hall–Kier alpha value is -2.44. The number of carbonyl (C=O) groups is 2. The summed E-state index contributed by atoms with van der Waals surface area (Å²) in [5.41, 5.74) is 2.16. The van der Waals surface area contributed by atoms with Crippen LogP contribution in [0, 0.1) is 18.7 Å². The molecule has 0 spiro atoms. The maximum Gasteiger partial charge on any atom is 0.238 e. The van der Waals surface area contributed by atoms with E-state index in [-0.39, 0.29) is 30.1 Å². The minimum atomic E-state index is -0.341. The van der Waals surface area contributed by atoms with Gasteiger partial charge in [-0.05, 0) is 74.8 Å². The maximum atomic E-state index is 12.9. The Labute approximate surface area is 168 Å². The van der Waals surface area contributed by atoms with Gasteiger partial charge in [-0.25, -0.2) is 4.39 Å². The van der Waals surface area contributed by atoms with Crippen LogP contribution < -0.4 is 10.6 Å². The van der Waals surface area contributed by atoms with Gasteiger partial charge in [-0.3, -0.25) is 14.5 Å². The van der Waals surface area contributed by atoms with Gasteiger partial charge in [-0.2, -0.15) is 0 Å². The Morgan fingerprint density at radius 2 is 1.79 bits per heavy atom. The third kappa shape index (κ3) is 5.30. The molecule has 3 rings (SSSR count). The predicted octanol–water partition coefficient (Wildman–Crippen LogP) is 4.08. The molecule has 2 N–H and O–H groups in total. The Balaban J connectivity index is 1.46. The highest BCUT2D eigenvalue weighted by Gasteiger charge is 2.26. The highest BCUT2D eigenvalue weighted by Crippen LogP contribution is 2.25. The van der Waals surface area contributed by atoms with Crippen LogP contribution >= 0.6 is 11.6 Å². The fraction of sp³-hybridized carbons (Fsp3) is 0.333. The van der Waals surface area contributed by atoms with E-state index in [2.05, 4.69) is 10.6 Å². The topological polar surface area (TPSA) is 61.4 Å². The van der Waals surface area contributed by atoms with Crippen molar-refractivity contribution in [3.63, 3.8) is 0 Å². The van der Waals surface area contributed by atoms with Crippen LogP contribution in [0.25, 0.3) is 0 Å². The third-order valence-electron chi connectivity index (χ3n) is 4.98. The predicted molar refractivity (Wildman–Crippen MR) is 109 cm³/mol. The van der Waals surface area contributed by atoms with Crippen LogP contribution in [-0.4, -0.2) is 36.3 Å². The monoisotopic (exact) mass is 403 g/mol. The van der Waals surface area contributed by atoms with Crippen molar-refractivity contribution in [2.45, 2.75) is 19.8 Å². The zero-order valence-electron chi connectivity index (χ0n) is 15.7. The van der Waals surface area contributed by atoms with E-state index in [4.69, 9.17) is 11.6 Å². The summed E-state index contributed by atoms with van der Waals surface area (Å²) in [5.74, 6) is -0.592. The zero-order valence-corrected chi connectivity index (χ0v) is 16.4. The van der Waals surface area contributed by atoms with Gasteiger partial charge >= 0.3 is 0 Å². The van der Waals surface area contributed by atoms with E-state index in [1.807, 2.05) is 24.0 Å². The molecule has 7 heteroatoms. The van der Waals surface area contributed by atoms with Crippen LogP contribution in [0.3, 0.4) is 0 Å². The summed E-state index contributed by atoms with van der Waals surface area (Å²) in [4.78, 5) is 26.7. The van der Waals surface area contributed by atoms with Crippen molar-refractivity contribution in [3.05, 3.63) is 58.9 Å². The molecule has 2 amide bonds. The SMILES string of the molecule is Cc1c(Cl)cccc1NC(=O)C1CCN(CC(=O)Nc2ccc(F)cc2)CC1. The fourth-order valence-corrected chi connectivity index (χ4v) is 3.44. The summed E-state index contributed by atoms with van der Waals surface area (Å²) in [6.07, 6.45) is 1.38. The first-order valence-electron chi connectivity index (χ1n) is 9.26. The molecule has 0 unspecified atom stereocenters. The number of hydrogen-bond donors (Lipinski definition) is 2. The first kappa shape index (κ1) is 20.3. The van der Waals surface area contributed by atoms with Crippen molar-refractivity contribution in [2.75, 3.05) is 30.3 Å². The van der Waals surface area contributed by atoms with E-state index in [0.717, 1.165) is 11.3 Å². The molecule has 1 saturated heterocycles. The number of piperidine rings is 1. The molecular weight excluding hydrogens is 381 g/mol. The second-order valence-corrected chi connectivity index (χ2v) is 7.41. The average Bonchev–Trinajstić information content (AvgIpc) is 2.68. The summed E-state index contributed by atoms with van der Waals surface area (Å²) in [5, 5.41) is 6.34. The molecule has 28 heavy (non-hydrogen) atoms. The standard InChI is InChI=1S/C21H23ClFN3O2/c1-14-18(22)3-2-4-19(14)25-21(28)15-9-11-26(12-10-15)13-20(27)24-17-7-5-16(23)6-8-17/h2-8,15H,9-13H2,1H3,(H,24,27)(H,25,28). The first-order chi connectivity index (χ1) is 13.4. The fourth-order valence-electron chi connectivity index (χ4n) is 3.27. The van der Waals surface area contributed by atoms with E-state index < -0.39 is 0 Å². The molecule has 2 aromatic carbocycles. The van der Waals surface area contributed by atoms with E-state index in [9.17, 15) is 14.0 Å². The van der Waals surface area contributed by atoms with Crippen LogP contribution in [0.5, 0.6) is 0 Å². The molecule has 1 aliphatic heterocycles. The van der Waals surface area contributed by atoms with Crippen molar-refractivity contribution in [2.24, 2.45) is 5.92 Å². The number of likely N-dealkylation sites (tertiary alicyclic amines) is 1. The normalized spacial score (nSPS) is 15.2. The van der Waals surface area contributed by atoms with Crippen molar-refractivity contribution in [1.82, 2.24) is 4.90 Å². The van der Waals surface area contributed by atoms with E-state index in [1.165, 1.54) is 24.3 Å². The molecule has 0 saturated carbocycles. The number of hydrogen-bond acceptors (Lipinski definition) is 3. The van der Waals surface area contributed by atoms with E-state index >= 15 is 0 Å². The summed E-state index contributed by atoms with van der Waals surface area (Å²) >= 11 is 6.10. The number of halogens is 2.